The van der Waals surface area contributed by atoms with Gasteiger partial charge in [-0.3, -0.25) is 14.5 Å². The van der Waals surface area contributed by atoms with E-state index < -0.39 is 36.2 Å². The lowest BCUT2D eigenvalue weighted by Gasteiger charge is -2.38. The number of amides is 2. The third kappa shape index (κ3) is 4.33. The van der Waals surface area contributed by atoms with Crippen molar-refractivity contribution in [2.24, 2.45) is 5.92 Å². The SMILES string of the molecule is CCOC(=O)[C@H]1CC[C@@H](N2C(=O)C[C@H]3[C@@H]2C(F)(F)CN3C(=O)OC(C)(C)C)CC1. The average molecular weight is 416 g/mol. The van der Waals surface area contributed by atoms with Crippen molar-refractivity contribution in [2.45, 2.75) is 89.4 Å². The molecule has 0 bridgehead atoms. The Balaban J connectivity index is 1.72. The normalized spacial score (nSPS) is 31.6. The highest BCUT2D eigenvalue weighted by molar-refractivity contribution is 5.83. The first kappa shape index (κ1) is 21.8. The first-order valence-corrected chi connectivity index (χ1v) is 10.3. The monoisotopic (exact) mass is 416 g/mol. The van der Waals surface area contributed by atoms with E-state index in [1.165, 1.54) is 4.90 Å². The molecule has 3 aliphatic rings. The van der Waals surface area contributed by atoms with Gasteiger partial charge in [-0.15, -0.1) is 0 Å². The third-order valence-electron chi connectivity index (χ3n) is 5.89. The lowest BCUT2D eigenvalue weighted by Crippen LogP contribution is -2.52. The number of ether oxygens (including phenoxy) is 2. The van der Waals surface area contributed by atoms with Crippen molar-refractivity contribution in [3.63, 3.8) is 0 Å². The van der Waals surface area contributed by atoms with E-state index in [9.17, 15) is 23.2 Å². The molecule has 2 heterocycles. The molecule has 0 radical (unpaired) electrons. The van der Waals surface area contributed by atoms with Crippen LogP contribution in [0.4, 0.5) is 13.6 Å². The van der Waals surface area contributed by atoms with Crippen LogP contribution in [0.1, 0.15) is 59.8 Å². The molecule has 0 spiro atoms. The second-order valence-corrected chi connectivity index (χ2v) is 9.14. The van der Waals surface area contributed by atoms with Gasteiger partial charge >= 0.3 is 12.1 Å². The molecule has 0 aromatic carbocycles. The molecular weight excluding hydrogens is 386 g/mol. The van der Waals surface area contributed by atoms with Crippen molar-refractivity contribution < 1.29 is 32.6 Å². The Hall–Kier alpha value is -1.93. The predicted octanol–water partition coefficient (Wildman–Crippen LogP) is 2.96. The van der Waals surface area contributed by atoms with Crippen LogP contribution in [0.25, 0.3) is 0 Å². The highest BCUT2D eigenvalue weighted by Crippen LogP contribution is 2.45. The Morgan fingerprint density at radius 2 is 1.79 bits per heavy atom. The molecular formula is C20H30F2N2O5. The second-order valence-electron chi connectivity index (χ2n) is 9.14. The van der Waals surface area contributed by atoms with Gasteiger partial charge in [0.25, 0.3) is 5.92 Å². The summed E-state index contributed by atoms with van der Waals surface area (Å²) in [5.74, 6) is -4.08. The summed E-state index contributed by atoms with van der Waals surface area (Å²) in [5, 5.41) is 0. The molecule has 2 atom stereocenters. The number of hydrogen-bond acceptors (Lipinski definition) is 5. The van der Waals surface area contributed by atoms with Gasteiger partial charge in [0, 0.05) is 12.5 Å². The van der Waals surface area contributed by atoms with E-state index in [4.69, 9.17) is 9.47 Å². The summed E-state index contributed by atoms with van der Waals surface area (Å²) < 4.78 is 40.1. The van der Waals surface area contributed by atoms with Gasteiger partial charge in [-0.1, -0.05) is 0 Å². The van der Waals surface area contributed by atoms with Crippen LogP contribution in [0.2, 0.25) is 0 Å². The molecule has 3 fully saturated rings. The van der Waals surface area contributed by atoms with Crippen LogP contribution in [0.3, 0.4) is 0 Å². The zero-order valence-electron chi connectivity index (χ0n) is 17.5. The number of rotatable bonds is 3. The lowest BCUT2D eigenvalue weighted by molar-refractivity contribution is -0.150. The van der Waals surface area contributed by atoms with Crippen LogP contribution >= 0.6 is 0 Å². The molecule has 0 unspecified atom stereocenters. The number of carbonyl (C=O) groups excluding carboxylic acids is 3. The van der Waals surface area contributed by atoms with E-state index in [0.717, 1.165) is 4.90 Å². The molecule has 2 saturated heterocycles. The maximum Gasteiger partial charge on any atom is 0.410 e. The highest BCUT2D eigenvalue weighted by Gasteiger charge is 2.64. The van der Waals surface area contributed by atoms with Gasteiger partial charge < -0.3 is 14.4 Å². The van der Waals surface area contributed by atoms with Crippen molar-refractivity contribution in [3.8, 4) is 0 Å². The first-order chi connectivity index (χ1) is 13.4. The average Bonchev–Trinajstić information content (AvgIpc) is 3.08. The molecule has 1 aliphatic carbocycles. The summed E-state index contributed by atoms with van der Waals surface area (Å²) in [5.41, 5.74) is -0.807. The van der Waals surface area contributed by atoms with Gasteiger partial charge in [0.2, 0.25) is 5.91 Å². The van der Waals surface area contributed by atoms with E-state index in [1.807, 2.05) is 0 Å². The second kappa shape index (κ2) is 7.72. The zero-order valence-corrected chi connectivity index (χ0v) is 17.5. The summed E-state index contributed by atoms with van der Waals surface area (Å²) >= 11 is 0. The van der Waals surface area contributed by atoms with Gasteiger partial charge in [-0.25, -0.2) is 13.6 Å². The molecule has 2 aliphatic heterocycles. The van der Waals surface area contributed by atoms with E-state index in [-0.39, 0.29) is 30.3 Å². The maximum atomic E-state index is 14.9. The van der Waals surface area contributed by atoms with E-state index in [2.05, 4.69) is 0 Å². The van der Waals surface area contributed by atoms with Crippen LogP contribution in [-0.4, -0.2) is 70.6 Å². The van der Waals surface area contributed by atoms with Crippen molar-refractivity contribution >= 4 is 18.0 Å². The minimum atomic E-state index is -3.20. The fraction of sp³-hybridized carbons (Fsp3) is 0.850. The molecule has 9 heteroatoms. The van der Waals surface area contributed by atoms with Gasteiger partial charge in [0.05, 0.1) is 25.1 Å². The molecule has 2 amide bonds. The van der Waals surface area contributed by atoms with Crippen LogP contribution in [-0.2, 0) is 19.1 Å². The highest BCUT2D eigenvalue weighted by atomic mass is 19.3. The predicted molar refractivity (Wildman–Crippen MR) is 99.3 cm³/mol. The largest absolute Gasteiger partial charge is 0.466 e. The maximum absolute atomic E-state index is 14.9. The van der Waals surface area contributed by atoms with Gasteiger partial charge in [0.1, 0.15) is 11.6 Å². The fourth-order valence-corrected chi connectivity index (χ4v) is 4.74. The van der Waals surface area contributed by atoms with Gasteiger partial charge in [-0.05, 0) is 53.4 Å². The third-order valence-corrected chi connectivity index (χ3v) is 5.89. The number of esters is 1. The molecule has 3 rings (SSSR count). The summed E-state index contributed by atoms with van der Waals surface area (Å²) in [6, 6.07) is -2.59. The van der Waals surface area contributed by atoms with E-state index >= 15 is 0 Å². The first-order valence-electron chi connectivity index (χ1n) is 10.3. The number of carbonyl (C=O) groups is 3. The smallest absolute Gasteiger partial charge is 0.410 e. The van der Waals surface area contributed by atoms with Crippen LogP contribution in [0.5, 0.6) is 0 Å². The quantitative estimate of drug-likeness (QED) is 0.661. The molecule has 0 aromatic rings. The molecule has 0 N–H and O–H groups in total. The summed E-state index contributed by atoms with van der Waals surface area (Å²) in [7, 11) is 0. The Morgan fingerprint density at radius 3 is 2.34 bits per heavy atom. The van der Waals surface area contributed by atoms with Crippen molar-refractivity contribution in [1.82, 2.24) is 9.80 Å². The van der Waals surface area contributed by atoms with Gasteiger partial charge in [-0.2, -0.15) is 0 Å². The van der Waals surface area contributed by atoms with Crippen molar-refractivity contribution in [3.05, 3.63) is 0 Å². The minimum Gasteiger partial charge on any atom is -0.466 e. The molecule has 164 valence electrons. The number of halogens is 2. The van der Waals surface area contributed by atoms with E-state index in [1.54, 1.807) is 27.7 Å². The Bertz CT molecular complexity index is 670. The lowest BCUT2D eigenvalue weighted by atomic mass is 9.85. The van der Waals surface area contributed by atoms with Crippen molar-refractivity contribution in [2.75, 3.05) is 13.2 Å². The molecule has 7 nitrogen and oxygen atoms in total. The summed E-state index contributed by atoms with van der Waals surface area (Å²) in [6.45, 7) is 6.31. The summed E-state index contributed by atoms with van der Waals surface area (Å²) in [6.07, 6.45) is 1.02. The molecule has 0 aromatic heterocycles. The van der Waals surface area contributed by atoms with Crippen LogP contribution in [0, 0.1) is 5.92 Å². The Kier molecular flexibility index (Phi) is 5.80. The number of hydrogen-bond donors (Lipinski definition) is 0. The van der Waals surface area contributed by atoms with Gasteiger partial charge in [0.15, 0.2) is 0 Å². The molecule has 1 saturated carbocycles. The zero-order chi connectivity index (χ0) is 21.6. The molecule has 29 heavy (non-hydrogen) atoms. The van der Waals surface area contributed by atoms with Crippen LogP contribution in [0.15, 0.2) is 0 Å². The topological polar surface area (TPSA) is 76.2 Å². The fourth-order valence-electron chi connectivity index (χ4n) is 4.74. The van der Waals surface area contributed by atoms with Crippen molar-refractivity contribution in [1.29, 1.82) is 0 Å². The number of likely N-dealkylation sites (tertiary alicyclic amines) is 2. The van der Waals surface area contributed by atoms with E-state index in [0.29, 0.717) is 32.3 Å². The summed E-state index contributed by atoms with van der Waals surface area (Å²) in [4.78, 5) is 39.3. The number of nitrogens with zero attached hydrogens (tertiary/aromatic N) is 2. The van der Waals surface area contributed by atoms with Crippen LogP contribution < -0.4 is 0 Å². The number of alkyl halides is 2. The standard InChI is InChI=1S/C20H30F2N2O5/c1-5-28-17(26)12-6-8-13(9-7-12)24-15(25)10-14-16(24)20(21,22)11-23(14)18(27)29-19(2,3)4/h12-14,16H,5-11H2,1-4H3/t12-,13+,14-,16+/m0/s1. The number of fused-ring (bicyclic) bond motifs is 1. The Morgan fingerprint density at radius 1 is 1.17 bits per heavy atom. The Labute approximate surface area is 169 Å². The minimum absolute atomic E-state index is 0.128.